The molecular weight excluding hydrogens is 631 g/mol. The summed E-state index contributed by atoms with van der Waals surface area (Å²) >= 11 is 0. The summed E-state index contributed by atoms with van der Waals surface area (Å²) in [7, 11) is 0. The number of benzene rings is 6. The molecule has 9 aromatic rings. The Balaban J connectivity index is 1.14. The standard InChI is InChI=1S/C49H37N3/c1-32-18-19-33-11-4-5-12-34(33)27-37-20-23-38(30-44(37)49(32,2)3)51-45-16-8-6-14-40(45)42-28-35(21-24-47(42)51)36-22-25-48-43(29-36)41-15-7-9-17-46(41)52(48)39-13-10-26-50-31-39/h4-26,28-31H,1,27H2,2-3H3/b19-18-. The molecule has 0 bridgehead atoms. The van der Waals surface area contributed by atoms with Crippen molar-refractivity contribution >= 4 is 49.7 Å². The molecule has 1 aliphatic carbocycles. The molecule has 0 aliphatic heterocycles. The number of hydrogen-bond acceptors (Lipinski definition) is 1. The van der Waals surface area contributed by atoms with Gasteiger partial charge in [0.05, 0.1) is 34.0 Å². The van der Waals surface area contributed by atoms with Gasteiger partial charge in [-0.05, 0) is 106 Å². The van der Waals surface area contributed by atoms with Crippen molar-refractivity contribution in [3.63, 3.8) is 0 Å². The van der Waals surface area contributed by atoms with Crippen LogP contribution in [-0.2, 0) is 11.8 Å². The Kier molecular flexibility index (Phi) is 6.74. The van der Waals surface area contributed by atoms with E-state index in [4.69, 9.17) is 0 Å². The van der Waals surface area contributed by atoms with Gasteiger partial charge in [-0.2, -0.15) is 0 Å². The number of para-hydroxylation sites is 2. The van der Waals surface area contributed by atoms with Crippen LogP contribution >= 0.6 is 0 Å². The van der Waals surface area contributed by atoms with Gasteiger partial charge in [-0.15, -0.1) is 0 Å². The molecule has 6 aromatic carbocycles. The maximum atomic E-state index is 4.57. The summed E-state index contributed by atoms with van der Waals surface area (Å²) in [6.45, 7) is 9.18. The summed E-state index contributed by atoms with van der Waals surface area (Å²) in [6, 6.07) is 51.2. The number of hydrogen-bond donors (Lipinski definition) is 0. The normalized spacial score (nSPS) is 14.6. The largest absolute Gasteiger partial charge is 0.309 e. The fraction of sp³-hybridized carbons (Fsp3) is 0.0816. The molecule has 0 atom stereocenters. The van der Waals surface area contributed by atoms with Crippen molar-refractivity contribution in [3.05, 3.63) is 192 Å². The Morgan fingerprint density at radius 2 is 1.15 bits per heavy atom. The average Bonchev–Trinajstić information content (AvgIpc) is 3.70. The van der Waals surface area contributed by atoms with Crippen LogP contribution in [0.2, 0.25) is 0 Å². The van der Waals surface area contributed by atoms with E-state index in [0.717, 1.165) is 17.7 Å². The van der Waals surface area contributed by atoms with Gasteiger partial charge in [-0.1, -0.05) is 111 Å². The van der Waals surface area contributed by atoms with Crippen molar-refractivity contribution in [1.29, 1.82) is 0 Å². The summed E-state index contributed by atoms with van der Waals surface area (Å²) in [5.74, 6) is 0. The second kappa shape index (κ2) is 11.5. The number of fused-ring (bicyclic) bond motifs is 8. The van der Waals surface area contributed by atoms with Gasteiger partial charge in [0.15, 0.2) is 0 Å². The predicted molar refractivity (Wildman–Crippen MR) is 219 cm³/mol. The van der Waals surface area contributed by atoms with E-state index < -0.39 is 0 Å². The maximum Gasteiger partial charge on any atom is 0.0645 e. The zero-order valence-electron chi connectivity index (χ0n) is 29.3. The van der Waals surface area contributed by atoms with Gasteiger partial charge in [0.25, 0.3) is 0 Å². The van der Waals surface area contributed by atoms with E-state index in [0.29, 0.717) is 0 Å². The first-order valence-corrected chi connectivity index (χ1v) is 18.0. The summed E-state index contributed by atoms with van der Waals surface area (Å²) < 4.78 is 4.75. The molecule has 0 saturated carbocycles. The van der Waals surface area contributed by atoms with Crippen LogP contribution in [0.4, 0.5) is 0 Å². The lowest BCUT2D eigenvalue weighted by atomic mass is 9.75. The first-order valence-electron chi connectivity index (χ1n) is 18.0. The molecule has 3 aromatic heterocycles. The fourth-order valence-electron chi connectivity index (χ4n) is 8.42. The topological polar surface area (TPSA) is 22.8 Å². The van der Waals surface area contributed by atoms with Gasteiger partial charge in [-0.25, -0.2) is 0 Å². The average molecular weight is 668 g/mol. The van der Waals surface area contributed by atoms with Crippen molar-refractivity contribution in [2.75, 3.05) is 0 Å². The first kappa shape index (κ1) is 30.4. The van der Waals surface area contributed by atoms with Crippen molar-refractivity contribution in [2.45, 2.75) is 25.7 Å². The monoisotopic (exact) mass is 667 g/mol. The molecule has 0 N–H and O–H groups in total. The molecule has 3 heteroatoms. The molecule has 0 fully saturated rings. The van der Waals surface area contributed by atoms with Crippen molar-refractivity contribution in [1.82, 2.24) is 14.1 Å². The molecule has 248 valence electrons. The molecule has 1 aliphatic rings. The van der Waals surface area contributed by atoms with Crippen LogP contribution in [0.1, 0.15) is 36.1 Å². The zero-order chi connectivity index (χ0) is 35.0. The maximum absolute atomic E-state index is 4.57. The van der Waals surface area contributed by atoms with Crippen molar-refractivity contribution in [2.24, 2.45) is 0 Å². The summed E-state index contributed by atoms with van der Waals surface area (Å²) in [6.07, 6.45) is 9.08. The Labute approximate surface area is 303 Å². The Bertz CT molecular complexity index is 2920. The highest BCUT2D eigenvalue weighted by Crippen LogP contribution is 2.41. The highest BCUT2D eigenvalue weighted by Gasteiger charge is 2.28. The second-order valence-electron chi connectivity index (χ2n) is 14.6. The Morgan fingerprint density at radius 3 is 1.83 bits per heavy atom. The number of pyridine rings is 1. The third kappa shape index (κ3) is 4.63. The molecule has 0 amide bonds. The third-order valence-corrected chi connectivity index (χ3v) is 11.3. The molecule has 52 heavy (non-hydrogen) atoms. The number of aromatic nitrogens is 3. The Hall–Kier alpha value is -6.45. The number of rotatable bonds is 3. The van der Waals surface area contributed by atoms with Gasteiger partial charge in [0.1, 0.15) is 0 Å². The number of allylic oxidation sites excluding steroid dienone is 2. The molecule has 0 saturated heterocycles. The van der Waals surface area contributed by atoms with Crippen LogP contribution in [0.25, 0.3) is 72.2 Å². The van der Waals surface area contributed by atoms with E-state index >= 15 is 0 Å². The molecule has 0 unspecified atom stereocenters. The van der Waals surface area contributed by atoms with Gasteiger partial charge >= 0.3 is 0 Å². The van der Waals surface area contributed by atoms with Crippen molar-refractivity contribution < 1.29 is 0 Å². The van der Waals surface area contributed by atoms with Gasteiger partial charge < -0.3 is 9.13 Å². The summed E-state index contributed by atoms with van der Waals surface area (Å²) in [5.41, 5.74) is 15.5. The zero-order valence-corrected chi connectivity index (χ0v) is 29.3. The number of nitrogens with zero attached hydrogens (tertiary/aromatic N) is 3. The minimum atomic E-state index is -0.241. The van der Waals surface area contributed by atoms with E-state index in [1.54, 1.807) is 0 Å². The highest BCUT2D eigenvalue weighted by atomic mass is 15.0. The molecule has 10 rings (SSSR count). The van der Waals surface area contributed by atoms with Crippen molar-refractivity contribution in [3.8, 4) is 22.5 Å². The molecule has 0 spiro atoms. The third-order valence-electron chi connectivity index (χ3n) is 11.3. The second-order valence-corrected chi connectivity index (χ2v) is 14.6. The van der Waals surface area contributed by atoms with E-state index in [-0.39, 0.29) is 5.41 Å². The van der Waals surface area contributed by atoms with E-state index in [9.17, 15) is 0 Å². The van der Waals surface area contributed by atoms with Crippen LogP contribution in [0, 0.1) is 0 Å². The highest BCUT2D eigenvalue weighted by molar-refractivity contribution is 6.12. The van der Waals surface area contributed by atoms with Gasteiger partial charge in [-0.3, -0.25) is 4.98 Å². The lowest BCUT2D eigenvalue weighted by Crippen LogP contribution is -2.21. The molecule has 3 heterocycles. The summed E-state index contributed by atoms with van der Waals surface area (Å²) in [5, 5.41) is 4.96. The van der Waals surface area contributed by atoms with Crippen LogP contribution in [-0.4, -0.2) is 14.1 Å². The first-order chi connectivity index (χ1) is 25.5. The van der Waals surface area contributed by atoms with Crippen LogP contribution in [0.3, 0.4) is 0 Å². The minimum absolute atomic E-state index is 0.241. The van der Waals surface area contributed by atoms with E-state index in [1.807, 2.05) is 18.5 Å². The van der Waals surface area contributed by atoms with Gasteiger partial charge in [0.2, 0.25) is 0 Å². The van der Waals surface area contributed by atoms with Crippen LogP contribution in [0.15, 0.2) is 170 Å². The predicted octanol–water partition coefficient (Wildman–Crippen LogP) is 12.4. The van der Waals surface area contributed by atoms with Crippen LogP contribution < -0.4 is 0 Å². The van der Waals surface area contributed by atoms with E-state index in [1.165, 1.54) is 82.7 Å². The fourth-order valence-corrected chi connectivity index (χ4v) is 8.42. The molecule has 3 nitrogen and oxygen atoms in total. The van der Waals surface area contributed by atoms with E-state index in [2.05, 4.69) is 180 Å². The SMILES string of the molecule is C=C1/C=C\c2ccccc2Cc2ccc(-n3c4ccccc4c4cc(-c5ccc6c(c5)c5ccccc5n6-c5cccnc5)ccc43)cc2C1(C)C. The quantitative estimate of drug-likeness (QED) is 0.184. The van der Waals surface area contributed by atoms with Crippen LogP contribution in [0.5, 0.6) is 0 Å². The van der Waals surface area contributed by atoms with Gasteiger partial charge in [0, 0.05) is 38.8 Å². The lowest BCUT2D eigenvalue weighted by molar-refractivity contribution is 0.635. The molecule has 0 radical (unpaired) electrons. The Morgan fingerprint density at radius 1 is 0.538 bits per heavy atom. The smallest absolute Gasteiger partial charge is 0.0645 e. The minimum Gasteiger partial charge on any atom is -0.309 e. The molecular formula is C49H37N3. The summed E-state index contributed by atoms with van der Waals surface area (Å²) in [4.78, 5) is 4.42. The lowest BCUT2D eigenvalue weighted by Gasteiger charge is -2.29.